The van der Waals surface area contributed by atoms with E-state index in [0.29, 0.717) is 23.8 Å². The number of rotatable bonds is 5. The van der Waals surface area contributed by atoms with Gasteiger partial charge in [-0.3, -0.25) is 10.2 Å². The molecule has 30 heavy (non-hydrogen) atoms. The highest BCUT2D eigenvalue weighted by molar-refractivity contribution is 7.92. The summed E-state index contributed by atoms with van der Waals surface area (Å²) in [6.07, 6.45) is 1.51. The number of furan rings is 1. The second-order valence-corrected chi connectivity index (χ2v) is 10.6. The molecule has 0 bridgehead atoms. The van der Waals surface area contributed by atoms with E-state index in [2.05, 4.69) is 10.6 Å². The standard InChI is InChI=1S/C18H14Cl2N4O4S2/c19-14-7-13(16(20)29-14)30(26,27)8-15(25)23-10-1-3-11(4-2-10)24-9-22-18-12(17(24)21)5-6-28-18/h1-7,21-22H,8-9H2,(H,23,25). The van der Waals surface area contributed by atoms with Crippen LogP contribution in [0.3, 0.4) is 0 Å². The Hall–Kier alpha value is -2.53. The van der Waals surface area contributed by atoms with Crippen LogP contribution in [0, 0.1) is 5.41 Å². The number of thiophene rings is 1. The van der Waals surface area contributed by atoms with Gasteiger partial charge in [-0.2, -0.15) is 0 Å². The average Bonchev–Trinajstić information content (AvgIpc) is 3.29. The van der Waals surface area contributed by atoms with Gasteiger partial charge in [-0.05, 0) is 36.4 Å². The molecule has 0 unspecified atom stereocenters. The van der Waals surface area contributed by atoms with E-state index < -0.39 is 21.5 Å². The molecular formula is C18H14Cl2N4O4S2. The van der Waals surface area contributed by atoms with E-state index in [1.165, 1.54) is 12.3 Å². The van der Waals surface area contributed by atoms with Crippen LogP contribution in [-0.4, -0.2) is 32.6 Å². The molecule has 0 spiro atoms. The predicted molar refractivity (Wildman–Crippen MR) is 118 cm³/mol. The Labute approximate surface area is 185 Å². The van der Waals surface area contributed by atoms with Crippen molar-refractivity contribution in [3.63, 3.8) is 0 Å². The molecule has 156 valence electrons. The highest BCUT2D eigenvalue weighted by atomic mass is 35.5. The summed E-state index contributed by atoms with van der Waals surface area (Å²) in [5.74, 6) is -0.623. The summed E-state index contributed by atoms with van der Waals surface area (Å²) < 4.78 is 30.3. The Morgan fingerprint density at radius 1 is 1.27 bits per heavy atom. The minimum atomic E-state index is -3.92. The van der Waals surface area contributed by atoms with E-state index in [1.807, 2.05) is 0 Å². The molecule has 1 aliphatic heterocycles. The molecule has 3 aromatic rings. The normalized spacial score (nSPS) is 13.7. The topological polar surface area (TPSA) is 116 Å². The molecule has 4 rings (SSSR count). The number of carbonyl (C=O) groups is 1. The van der Waals surface area contributed by atoms with Crippen molar-refractivity contribution >= 4 is 73.4 Å². The van der Waals surface area contributed by atoms with Crippen molar-refractivity contribution in [2.45, 2.75) is 4.90 Å². The van der Waals surface area contributed by atoms with Gasteiger partial charge in [0.05, 0.1) is 27.7 Å². The second kappa shape index (κ2) is 7.95. The lowest BCUT2D eigenvalue weighted by Crippen LogP contribution is -2.39. The third-order valence-corrected chi connectivity index (χ3v) is 7.70. The fourth-order valence-corrected chi connectivity index (χ4v) is 6.32. The number of fused-ring (bicyclic) bond motifs is 1. The molecule has 12 heteroatoms. The third kappa shape index (κ3) is 4.04. The largest absolute Gasteiger partial charge is 0.448 e. The van der Waals surface area contributed by atoms with Crippen molar-refractivity contribution in [1.82, 2.24) is 0 Å². The highest BCUT2D eigenvalue weighted by Crippen LogP contribution is 2.35. The molecular weight excluding hydrogens is 471 g/mol. The van der Waals surface area contributed by atoms with Gasteiger partial charge in [0.15, 0.2) is 9.84 Å². The van der Waals surface area contributed by atoms with Crippen molar-refractivity contribution < 1.29 is 17.6 Å². The van der Waals surface area contributed by atoms with Gasteiger partial charge in [-0.15, -0.1) is 11.3 Å². The van der Waals surface area contributed by atoms with Gasteiger partial charge < -0.3 is 20.0 Å². The van der Waals surface area contributed by atoms with Crippen LogP contribution in [-0.2, 0) is 14.6 Å². The van der Waals surface area contributed by atoms with Crippen LogP contribution in [0.1, 0.15) is 5.56 Å². The van der Waals surface area contributed by atoms with Gasteiger partial charge in [0.2, 0.25) is 11.8 Å². The fourth-order valence-electron chi connectivity index (χ4n) is 2.94. The van der Waals surface area contributed by atoms with Crippen molar-refractivity contribution in [2.75, 3.05) is 28.0 Å². The van der Waals surface area contributed by atoms with E-state index in [-0.39, 0.29) is 19.4 Å². The average molecular weight is 485 g/mol. The number of benzene rings is 1. The van der Waals surface area contributed by atoms with E-state index in [4.69, 9.17) is 33.0 Å². The van der Waals surface area contributed by atoms with Crippen molar-refractivity contribution in [2.24, 2.45) is 0 Å². The molecule has 2 aromatic heterocycles. The molecule has 3 heterocycles. The first-order valence-electron chi connectivity index (χ1n) is 8.50. The van der Waals surface area contributed by atoms with Gasteiger partial charge in [0.25, 0.3) is 0 Å². The minimum absolute atomic E-state index is 0.0236. The van der Waals surface area contributed by atoms with E-state index >= 15 is 0 Å². The molecule has 0 saturated heterocycles. The molecule has 1 amide bonds. The van der Waals surface area contributed by atoms with Crippen LogP contribution in [0.25, 0.3) is 0 Å². The van der Waals surface area contributed by atoms with Crippen LogP contribution in [0.2, 0.25) is 8.67 Å². The molecule has 3 N–H and O–H groups in total. The Balaban J connectivity index is 1.43. The number of anilines is 3. The number of amides is 1. The lowest BCUT2D eigenvalue weighted by atomic mass is 10.2. The summed E-state index contributed by atoms with van der Waals surface area (Å²) in [4.78, 5) is 13.8. The molecule has 8 nitrogen and oxygen atoms in total. The van der Waals surface area contributed by atoms with Gasteiger partial charge in [0, 0.05) is 11.4 Å². The number of halogens is 2. The van der Waals surface area contributed by atoms with E-state index in [9.17, 15) is 13.2 Å². The molecule has 0 fully saturated rings. The lowest BCUT2D eigenvalue weighted by molar-refractivity contribution is -0.113. The number of hydrogen-bond acceptors (Lipinski definition) is 7. The predicted octanol–water partition coefficient (Wildman–Crippen LogP) is 4.28. The maximum Gasteiger partial charge on any atom is 0.239 e. The molecule has 0 atom stereocenters. The zero-order valence-electron chi connectivity index (χ0n) is 15.1. The quantitative estimate of drug-likeness (QED) is 0.497. The summed E-state index contributed by atoms with van der Waals surface area (Å²) in [6, 6.07) is 9.65. The van der Waals surface area contributed by atoms with E-state index in [1.54, 1.807) is 35.2 Å². The van der Waals surface area contributed by atoms with Crippen LogP contribution in [0.15, 0.2) is 52.0 Å². The fraction of sp³-hybridized carbons (Fsp3) is 0.111. The molecule has 0 aliphatic carbocycles. The van der Waals surface area contributed by atoms with Crippen molar-refractivity contribution in [3.8, 4) is 0 Å². The van der Waals surface area contributed by atoms with E-state index in [0.717, 1.165) is 17.0 Å². The third-order valence-electron chi connectivity index (χ3n) is 4.33. The van der Waals surface area contributed by atoms with Crippen molar-refractivity contribution in [3.05, 3.63) is 56.9 Å². The smallest absolute Gasteiger partial charge is 0.239 e. The monoisotopic (exact) mass is 484 g/mol. The second-order valence-electron chi connectivity index (χ2n) is 6.32. The van der Waals surface area contributed by atoms with Gasteiger partial charge in [0.1, 0.15) is 15.9 Å². The zero-order valence-corrected chi connectivity index (χ0v) is 18.3. The van der Waals surface area contributed by atoms with Gasteiger partial charge >= 0.3 is 0 Å². The van der Waals surface area contributed by atoms with Crippen LogP contribution < -0.4 is 15.5 Å². The van der Waals surface area contributed by atoms with Crippen molar-refractivity contribution in [1.29, 1.82) is 5.41 Å². The highest BCUT2D eigenvalue weighted by Gasteiger charge is 2.26. The number of nitrogens with one attached hydrogen (secondary N) is 3. The Kier molecular flexibility index (Phi) is 5.49. The summed E-state index contributed by atoms with van der Waals surface area (Å²) in [5.41, 5.74) is 1.80. The number of hydrogen-bond donors (Lipinski definition) is 3. The Morgan fingerprint density at radius 3 is 2.67 bits per heavy atom. The first-order valence-corrected chi connectivity index (χ1v) is 11.7. The number of amidine groups is 1. The molecule has 1 aromatic carbocycles. The zero-order chi connectivity index (χ0) is 21.5. The summed E-state index contributed by atoms with van der Waals surface area (Å²) >= 11 is 12.6. The maximum atomic E-state index is 12.4. The Bertz CT molecular complexity index is 1240. The lowest BCUT2D eigenvalue weighted by Gasteiger charge is -2.29. The molecule has 0 saturated carbocycles. The van der Waals surface area contributed by atoms with Crippen LogP contribution >= 0.6 is 34.5 Å². The summed E-state index contributed by atoms with van der Waals surface area (Å²) in [5, 5.41) is 14.0. The van der Waals surface area contributed by atoms with Crippen LogP contribution in [0.5, 0.6) is 0 Å². The summed E-state index contributed by atoms with van der Waals surface area (Å²) in [6.45, 7) is 0.354. The maximum absolute atomic E-state index is 12.4. The van der Waals surface area contributed by atoms with Gasteiger partial charge in [-0.1, -0.05) is 23.2 Å². The van der Waals surface area contributed by atoms with Gasteiger partial charge in [-0.25, -0.2) is 8.42 Å². The molecule has 0 radical (unpaired) electrons. The first kappa shape index (κ1) is 20.7. The SMILES string of the molecule is N=C1c2ccoc2NCN1c1ccc(NC(=O)CS(=O)(=O)c2cc(Cl)sc2Cl)cc1. The van der Waals surface area contributed by atoms with Crippen LogP contribution in [0.4, 0.5) is 17.3 Å². The summed E-state index contributed by atoms with van der Waals surface area (Å²) in [7, 11) is -3.92. The first-order chi connectivity index (χ1) is 14.2. The minimum Gasteiger partial charge on any atom is -0.448 e. The molecule has 1 aliphatic rings. The number of sulfone groups is 1. The number of nitrogens with zero attached hydrogens (tertiary/aromatic N) is 1. The Morgan fingerprint density at radius 2 is 2.00 bits per heavy atom. The number of carbonyl (C=O) groups excluding carboxylic acids is 1.